The second kappa shape index (κ2) is 8.31. The summed E-state index contributed by atoms with van der Waals surface area (Å²) in [5.74, 6) is -1.44. The van der Waals surface area contributed by atoms with Gasteiger partial charge in [-0.3, -0.25) is 9.59 Å². The van der Waals surface area contributed by atoms with E-state index < -0.39 is 18.5 Å². The van der Waals surface area contributed by atoms with Crippen LogP contribution in [0.25, 0.3) is 21.7 Å². The van der Waals surface area contributed by atoms with Crippen LogP contribution in [-0.2, 0) is 9.53 Å². The van der Waals surface area contributed by atoms with Crippen LogP contribution in [-0.4, -0.2) is 31.4 Å². The van der Waals surface area contributed by atoms with E-state index in [4.69, 9.17) is 9.15 Å². The maximum atomic E-state index is 12.6. The summed E-state index contributed by atoms with van der Waals surface area (Å²) >= 11 is 0. The molecule has 3 aromatic carbocycles. The largest absolute Gasteiger partial charge is 0.450 e. The van der Waals surface area contributed by atoms with Crippen molar-refractivity contribution < 1.29 is 23.5 Å². The molecule has 0 unspecified atom stereocenters. The number of nitrogens with one attached hydrogen (secondary N) is 2. The molecule has 0 radical (unpaired) electrons. The number of ether oxygens (including phenoxy) is 1. The molecule has 4 rings (SSSR count). The van der Waals surface area contributed by atoms with Crippen LogP contribution in [0.1, 0.15) is 26.5 Å². The molecular weight excluding hydrogens is 396 g/mol. The van der Waals surface area contributed by atoms with Crippen LogP contribution in [0.4, 0.5) is 5.69 Å². The highest BCUT2D eigenvalue weighted by molar-refractivity contribution is 6.08. The van der Waals surface area contributed by atoms with Crippen molar-refractivity contribution in [2.75, 3.05) is 19.0 Å². The highest BCUT2D eigenvalue weighted by Crippen LogP contribution is 2.32. The number of aryl methyl sites for hydroxylation is 1. The van der Waals surface area contributed by atoms with Crippen molar-refractivity contribution in [3.63, 3.8) is 0 Å². The highest BCUT2D eigenvalue weighted by atomic mass is 16.5. The summed E-state index contributed by atoms with van der Waals surface area (Å²) in [7, 11) is 1.52. The van der Waals surface area contributed by atoms with Gasteiger partial charge in [-0.25, -0.2) is 4.79 Å². The number of esters is 1. The van der Waals surface area contributed by atoms with Crippen molar-refractivity contribution in [3.8, 4) is 0 Å². The first-order valence-electron chi connectivity index (χ1n) is 9.68. The zero-order valence-corrected chi connectivity index (χ0v) is 17.0. The molecule has 4 aromatic rings. The van der Waals surface area contributed by atoms with Crippen LogP contribution in [0.15, 0.2) is 65.1 Å². The first-order chi connectivity index (χ1) is 15.0. The lowest BCUT2D eigenvalue weighted by Crippen LogP contribution is -2.22. The normalized spacial score (nSPS) is 10.8. The van der Waals surface area contributed by atoms with Gasteiger partial charge in [-0.05, 0) is 30.5 Å². The summed E-state index contributed by atoms with van der Waals surface area (Å²) in [5.41, 5.74) is 2.10. The molecule has 0 spiro atoms. The molecule has 31 heavy (non-hydrogen) atoms. The first kappa shape index (κ1) is 20.2. The first-order valence-corrected chi connectivity index (χ1v) is 9.68. The number of fused-ring (bicyclic) bond motifs is 3. The Bertz CT molecular complexity index is 1320. The van der Waals surface area contributed by atoms with Gasteiger partial charge in [0.25, 0.3) is 11.8 Å². The van der Waals surface area contributed by atoms with Crippen LogP contribution >= 0.6 is 0 Å². The number of amides is 2. The van der Waals surface area contributed by atoms with E-state index in [2.05, 4.69) is 10.6 Å². The molecule has 156 valence electrons. The lowest BCUT2D eigenvalue weighted by molar-refractivity contribution is -0.119. The molecule has 1 aromatic heterocycles. The van der Waals surface area contributed by atoms with Gasteiger partial charge in [0.15, 0.2) is 6.61 Å². The average molecular weight is 416 g/mol. The van der Waals surface area contributed by atoms with Gasteiger partial charge in [-0.15, -0.1) is 0 Å². The van der Waals surface area contributed by atoms with E-state index >= 15 is 0 Å². The molecule has 2 amide bonds. The molecule has 7 nitrogen and oxygen atoms in total. The third kappa shape index (κ3) is 3.98. The van der Waals surface area contributed by atoms with Crippen LogP contribution in [0.3, 0.4) is 0 Å². The second-order valence-electron chi connectivity index (χ2n) is 7.00. The number of hydrogen-bond acceptors (Lipinski definition) is 5. The number of carbonyl (C=O) groups excluding carboxylic acids is 3. The summed E-state index contributed by atoms with van der Waals surface area (Å²) in [6.07, 6.45) is 0. The zero-order valence-electron chi connectivity index (χ0n) is 17.0. The van der Waals surface area contributed by atoms with E-state index in [-0.39, 0.29) is 11.7 Å². The van der Waals surface area contributed by atoms with Crippen molar-refractivity contribution in [3.05, 3.63) is 77.6 Å². The Morgan fingerprint density at radius 3 is 2.58 bits per heavy atom. The second-order valence-corrected chi connectivity index (χ2v) is 7.00. The zero-order chi connectivity index (χ0) is 22.0. The van der Waals surface area contributed by atoms with E-state index in [0.29, 0.717) is 22.4 Å². The molecule has 0 bridgehead atoms. The third-order valence-electron chi connectivity index (χ3n) is 4.98. The van der Waals surface area contributed by atoms with Crippen molar-refractivity contribution in [1.82, 2.24) is 5.32 Å². The Hall–Kier alpha value is -4.13. The monoisotopic (exact) mass is 416 g/mol. The van der Waals surface area contributed by atoms with Crippen molar-refractivity contribution in [2.45, 2.75) is 6.92 Å². The van der Waals surface area contributed by atoms with Gasteiger partial charge in [-0.2, -0.15) is 0 Å². The predicted molar refractivity (Wildman–Crippen MR) is 117 cm³/mol. The number of hydrogen-bond donors (Lipinski definition) is 2. The highest BCUT2D eigenvalue weighted by Gasteiger charge is 2.21. The number of furan rings is 1. The predicted octanol–water partition coefficient (Wildman–Crippen LogP) is 4.05. The average Bonchev–Trinajstić information content (AvgIpc) is 3.14. The van der Waals surface area contributed by atoms with Crippen LogP contribution in [0.2, 0.25) is 0 Å². The molecule has 7 heteroatoms. The Balaban J connectivity index is 1.47. The van der Waals surface area contributed by atoms with E-state index in [1.807, 2.05) is 36.4 Å². The summed E-state index contributed by atoms with van der Waals surface area (Å²) < 4.78 is 11.0. The molecule has 0 saturated carbocycles. The lowest BCUT2D eigenvalue weighted by Gasteiger charge is -2.07. The third-order valence-corrected chi connectivity index (χ3v) is 4.98. The standard InChI is InChI=1S/C24H20N2O5/c1-14-18-11-10-15-6-3-4-9-19(15)22(18)31-21(14)24(29)30-13-20(27)26-17-8-5-7-16(12-17)23(28)25-2/h3-12H,13H2,1-2H3,(H,25,28)(H,26,27). The SMILES string of the molecule is CNC(=O)c1cccc(NC(=O)COC(=O)c2oc3c(ccc4ccccc43)c2C)c1. The van der Waals surface area contributed by atoms with Gasteiger partial charge < -0.3 is 19.8 Å². The van der Waals surface area contributed by atoms with Crippen molar-refractivity contribution >= 4 is 45.2 Å². The summed E-state index contributed by atoms with van der Waals surface area (Å²) in [6, 6.07) is 18.0. The molecular formula is C24H20N2O5. The topological polar surface area (TPSA) is 97.6 Å². The lowest BCUT2D eigenvalue weighted by atomic mass is 10.1. The molecule has 0 aliphatic rings. The van der Waals surface area contributed by atoms with Gasteiger partial charge >= 0.3 is 5.97 Å². The maximum Gasteiger partial charge on any atom is 0.375 e. The fourth-order valence-corrected chi connectivity index (χ4v) is 3.42. The Morgan fingerprint density at radius 1 is 0.968 bits per heavy atom. The number of rotatable bonds is 5. The number of benzene rings is 3. The van der Waals surface area contributed by atoms with Gasteiger partial charge in [-0.1, -0.05) is 42.5 Å². The van der Waals surface area contributed by atoms with Crippen molar-refractivity contribution in [2.24, 2.45) is 0 Å². The summed E-state index contributed by atoms with van der Waals surface area (Å²) in [4.78, 5) is 36.5. The van der Waals surface area contributed by atoms with E-state index in [0.717, 1.165) is 16.2 Å². The summed E-state index contributed by atoms with van der Waals surface area (Å²) in [6.45, 7) is 1.29. The summed E-state index contributed by atoms with van der Waals surface area (Å²) in [5, 5.41) is 7.84. The molecule has 0 fully saturated rings. The van der Waals surface area contributed by atoms with E-state index in [9.17, 15) is 14.4 Å². The van der Waals surface area contributed by atoms with E-state index in [1.54, 1.807) is 25.1 Å². The quantitative estimate of drug-likeness (QED) is 0.479. The number of anilines is 1. The Labute approximate surface area is 178 Å². The minimum absolute atomic E-state index is 0.0702. The number of carbonyl (C=O) groups is 3. The van der Waals surface area contributed by atoms with Gasteiger partial charge in [0.05, 0.1) is 0 Å². The fraction of sp³-hybridized carbons (Fsp3) is 0.125. The van der Waals surface area contributed by atoms with Crippen molar-refractivity contribution in [1.29, 1.82) is 0 Å². The van der Waals surface area contributed by atoms with Crippen LogP contribution in [0.5, 0.6) is 0 Å². The minimum Gasteiger partial charge on any atom is -0.450 e. The van der Waals surface area contributed by atoms with Gasteiger partial charge in [0.2, 0.25) is 5.76 Å². The van der Waals surface area contributed by atoms with Crippen LogP contribution < -0.4 is 10.6 Å². The molecule has 0 saturated heterocycles. The Morgan fingerprint density at radius 2 is 1.77 bits per heavy atom. The van der Waals surface area contributed by atoms with Crippen LogP contribution in [0, 0.1) is 6.92 Å². The van der Waals surface area contributed by atoms with E-state index in [1.165, 1.54) is 13.1 Å². The fourth-order valence-electron chi connectivity index (χ4n) is 3.42. The molecule has 0 atom stereocenters. The molecule has 0 aliphatic carbocycles. The minimum atomic E-state index is -0.716. The maximum absolute atomic E-state index is 12.6. The molecule has 1 heterocycles. The van der Waals surface area contributed by atoms with Gasteiger partial charge in [0, 0.05) is 34.6 Å². The molecule has 0 aliphatic heterocycles. The smallest absolute Gasteiger partial charge is 0.375 e. The Kier molecular flexibility index (Phi) is 5.41. The molecule has 2 N–H and O–H groups in total. The van der Waals surface area contributed by atoms with Gasteiger partial charge in [0.1, 0.15) is 5.58 Å².